The van der Waals surface area contributed by atoms with Gasteiger partial charge in [-0.2, -0.15) is 0 Å². The van der Waals surface area contributed by atoms with Gasteiger partial charge in [0.25, 0.3) is 0 Å². The molecule has 0 aliphatic rings. The first-order chi connectivity index (χ1) is 64.4. The summed E-state index contributed by atoms with van der Waals surface area (Å²) in [5.41, 5.74) is 50.4. The van der Waals surface area contributed by atoms with E-state index in [2.05, 4.69) is 117 Å². The fourth-order valence-electron chi connectivity index (χ4n) is 13.5. The van der Waals surface area contributed by atoms with Crippen molar-refractivity contribution in [3.05, 3.63) is 0 Å². The van der Waals surface area contributed by atoms with E-state index >= 15 is 0 Å². The Morgan fingerprint density at radius 1 is 0.196 bits per heavy atom. The zero-order chi connectivity index (χ0) is 106. The Morgan fingerprint density at radius 3 is 0.464 bits per heavy atom. The highest BCUT2D eigenvalue weighted by atomic mass is 16.4. The molecule has 0 unspecified atom stereocenters. The lowest BCUT2D eigenvalue weighted by atomic mass is 9.98. The molecule has 0 aromatic carbocycles. The molecule has 0 spiro atoms. The topological polar surface area (TPSA) is 966 Å². The predicted octanol–water partition coefficient (Wildman–Crippen LogP) is -9.12. The predicted molar refractivity (Wildman–Crippen MR) is 520 cm³/mol. The summed E-state index contributed by atoms with van der Waals surface area (Å²) in [6, 6.07) is -21.6. The lowest BCUT2D eigenvalue weighted by Crippen LogP contribution is -2.62. The van der Waals surface area contributed by atoms with Gasteiger partial charge in [-0.05, 0) is 144 Å². The van der Waals surface area contributed by atoms with Crippen LogP contribution in [-0.2, 0) is 71.9 Å². The standard InChI is InChI=1S/C83H161N39O16/c1-39(2)54(84)68(130)120-56(41(5)6)70(132)113-47(24-16-32-102-77(87)88)62(124)111-52(29-21-37-107-82(97)98)67(129)118-59(44(11)12)73(135)121-57(42(7)8)71(133)114-48(25-17-33-103-78(89)90)63(125)109-50(27-19-35-105-80(93)94)65(127)117-55(40(3)4)69(131)112-46(23-15-31-101-76(85)86)61(123)110-51(28-20-36-106-81(95)96)66(128)119-60(45(13)14)74(136)122-58(43(9)10)72(134)115-49(26-18-34-104-79(91)92)64(126)116-53(75(137)138)30-22-38-108-83(99)100/h39-60H,15-38,84H2,1-14H3,(H,109,125)(H,110,123)(H,111,124)(H,112,131)(H,113,132)(H,114,133)(H,115,134)(H,116,126)(H,117,127)(H,118,129)(H,119,128)(H,120,130)(H,121,135)(H,122,136)(H,137,138)(H4,85,86,101)(H4,87,88,102)(H4,89,90,103)(H4,91,92,104)(H4,93,94,105)(H4,95,96,106)(H4,97,98,107)(H4,99,100,108)/t46-,47-,48-,49-,50-,51-,52-,53-,54-,55-,56-,57-,58-,59-,60-/m0/s1. The van der Waals surface area contributed by atoms with E-state index in [4.69, 9.17) is 94.9 Å². The van der Waals surface area contributed by atoms with Crippen molar-refractivity contribution in [1.82, 2.24) is 117 Å². The van der Waals surface area contributed by atoms with Gasteiger partial charge in [0, 0.05) is 52.4 Å². The third-order valence-electron chi connectivity index (χ3n) is 21.4. The van der Waals surface area contributed by atoms with Gasteiger partial charge in [0.15, 0.2) is 47.7 Å². The molecule has 15 atom stereocenters. The molecule has 0 bridgehead atoms. The average Bonchev–Trinajstić information content (AvgIpc) is 0.842. The Bertz CT molecular complexity index is 4040. The van der Waals surface area contributed by atoms with Crippen molar-refractivity contribution in [3.63, 3.8) is 0 Å². The van der Waals surface area contributed by atoms with E-state index in [1.54, 1.807) is 96.9 Å². The van der Waals surface area contributed by atoms with Crippen LogP contribution in [0.2, 0.25) is 0 Å². The molecule has 784 valence electrons. The van der Waals surface area contributed by atoms with E-state index in [0.29, 0.717) is 0 Å². The van der Waals surface area contributed by atoms with Crippen molar-refractivity contribution < 1.29 is 77.0 Å². The summed E-state index contributed by atoms with van der Waals surface area (Å²) in [6.07, 6.45) is -0.826. The number of hydrogen-bond acceptors (Lipinski definition) is 24. The number of carbonyl (C=O) groups is 15. The molecule has 55 heteroatoms. The normalized spacial score (nSPS) is 14.4. The van der Waals surface area contributed by atoms with Gasteiger partial charge >= 0.3 is 5.97 Å². The van der Waals surface area contributed by atoms with E-state index < -0.39 is 245 Å². The minimum atomic E-state index is -1.59. The Balaban J connectivity index is 7.79. The number of hydrogen-bond donors (Lipinski definition) is 40. The number of aliphatic carboxylic acids is 1. The Kier molecular flexibility index (Phi) is 59.2. The van der Waals surface area contributed by atoms with Crippen molar-refractivity contribution in [3.8, 4) is 0 Å². The summed E-state index contributed by atoms with van der Waals surface area (Å²) in [5.74, 6) is -22.0. The van der Waals surface area contributed by atoms with Crippen LogP contribution < -0.4 is 169 Å². The second-order valence-corrected chi connectivity index (χ2v) is 35.8. The first-order valence-corrected chi connectivity index (χ1v) is 46.3. The largest absolute Gasteiger partial charge is 0.480 e. The highest BCUT2D eigenvalue weighted by Crippen LogP contribution is 2.17. The lowest BCUT2D eigenvalue weighted by Gasteiger charge is -2.31. The number of amides is 14. The maximum atomic E-state index is 15.0. The summed E-state index contributed by atoms with van der Waals surface area (Å²) in [5, 5.41) is 129. The van der Waals surface area contributed by atoms with E-state index in [0.717, 1.165) is 0 Å². The van der Waals surface area contributed by atoms with Gasteiger partial charge in [-0.3, -0.25) is 110 Å². The summed E-state index contributed by atoms with van der Waals surface area (Å²) in [6.45, 7) is 22.6. The third kappa shape index (κ3) is 51.8. The minimum Gasteiger partial charge on any atom is -0.480 e. The average molecular weight is 1960 g/mol. The van der Waals surface area contributed by atoms with Crippen molar-refractivity contribution in [2.75, 3.05) is 52.4 Å². The molecule has 138 heavy (non-hydrogen) atoms. The smallest absolute Gasteiger partial charge is 0.326 e. The van der Waals surface area contributed by atoms with Crippen molar-refractivity contribution in [2.24, 2.45) is 93.0 Å². The van der Waals surface area contributed by atoms with E-state index in [1.807, 2.05) is 0 Å². The van der Waals surface area contributed by atoms with Crippen LogP contribution in [0, 0.1) is 84.7 Å². The fourth-order valence-corrected chi connectivity index (χ4v) is 13.5. The molecule has 0 aromatic rings. The van der Waals surface area contributed by atoms with Crippen LogP contribution in [0.4, 0.5) is 0 Å². The summed E-state index contributed by atoms with van der Waals surface area (Å²) >= 11 is 0. The summed E-state index contributed by atoms with van der Waals surface area (Å²) in [4.78, 5) is 216. The Labute approximate surface area is 806 Å². The molecule has 0 heterocycles. The van der Waals surface area contributed by atoms with Crippen LogP contribution in [0.25, 0.3) is 0 Å². The second kappa shape index (κ2) is 65.8. The van der Waals surface area contributed by atoms with Gasteiger partial charge in [-0.15, -0.1) is 0 Å². The number of rotatable bonds is 68. The number of carboxylic acid groups (broad SMARTS) is 1. The van der Waals surface area contributed by atoms with Gasteiger partial charge in [-0.25, -0.2) is 4.79 Å². The van der Waals surface area contributed by atoms with Crippen molar-refractivity contribution in [2.45, 2.75) is 290 Å². The molecule has 49 N–H and O–H groups in total. The highest BCUT2D eigenvalue weighted by Gasteiger charge is 2.41. The van der Waals surface area contributed by atoms with Gasteiger partial charge in [0.1, 0.15) is 84.6 Å². The first kappa shape index (κ1) is 124. The van der Waals surface area contributed by atoms with Gasteiger partial charge in [0.2, 0.25) is 82.7 Å². The van der Waals surface area contributed by atoms with Crippen LogP contribution in [0.15, 0.2) is 0 Å². The Hall–Kier alpha value is -13.8. The van der Waals surface area contributed by atoms with Gasteiger partial charge < -0.3 is 174 Å². The second-order valence-electron chi connectivity index (χ2n) is 35.8. The summed E-state index contributed by atoms with van der Waals surface area (Å²) < 4.78 is 0. The van der Waals surface area contributed by atoms with E-state index in [-0.39, 0.29) is 179 Å². The molecule has 55 nitrogen and oxygen atoms in total. The molecule has 14 amide bonds. The van der Waals surface area contributed by atoms with Crippen LogP contribution in [-0.4, -0.2) is 284 Å². The molecular weight excluding hydrogens is 1800 g/mol. The van der Waals surface area contributed by atoms with Gasteiger partial charge in [0.05, 0.1) is 6.04 Å². The summed E-state index contributed by atoms with van der Waals surface area (Å²) in [7, 11) is 0. The molecule has 0 saturated heterocycles. The lowest BCUT2D eigenvalue weighted by molar-refractivity contribution is -0.142. The van der Waals surface area contributed by atoms with Crippen LogP contribution in [0.3, 0.4) is 0 Å². The molecule has 0 rings (SSSR count). The third-order valence-corrected chi connectivity index (χ3v) is 21.4. The number of nitrogens with one attached hydrogen (secondary N) is 30. The van der Waals surface area contributed by atoms with E-state index in [9.17, 15) is 77.0 Å². The van der Waals surface area contributed by atoms with Crippen LogP contribution >= 0.6 is 0 Å². The minimum absolute atomic E-state index is 0.00955. The zero-order valence-corrected chi connectivity index (χ0v) is 81.9. The first-order valence-electron chi connectivity index (χ1n) is 46.3. The van der Waals surface area contributed by atoms with E-state index in [1.165, 1.54) is 0 Å². The van der Waals surface area contributed by atoms with Gasteiger partial charge in [-0.1, -0.05) is 96.9 Å². The van der Waals surface area contributed by atoms with Crippen LogP contribution in [0.1, 0.15) is 200 Å². The molecule has 0 aromatic heterocycles. The fraction of sp³-hybridized carbons (Fsp3) is 0.723. The SMILES string of the molecule is CC(C)[C@H](N)C(=O)N[C@H](C(=O)N[C@@H](CCCNC(=N)N)C(=O)N[C@@H](CCCNC(=N)N)C(=O)N[C@H](C(=O)N[C@H](C(=O)N[C@@H](CCCNC(=N)N)C(=O)N[C@@H](CCCNC(=N)N)C(=O)N[C@H](C(=O)N[C@@H](CCCNC(=N)N)C(=O)N[C@@H](CCCNC(=N)N)C(=O)N[C@H](C(=O)N[C@H](C(=O)N[C@@H](CCCNC(=N)N)C(=O)N[C@@H](CCCNC(=N)N)C(=O)O)C(C)C)C(C)C)C(C)C)C(C)C)C(C)C)C(C)C. The number of carbonyl (C=O) groups excluding carboxylic acids is 14. The zero-order valence-electron chi connectivity index (χ0n) is 81.9. The van der Waals surface area contributed by atoms with Crippen molar-refractivity contribution in [1.29, 1.82) is 43.3 Å². The monoisotopic (exact) mass is 1960 g/mol. The maximum absolute atomic E-state index is 15.0. The number of nitrogens with two attached hydrogens (primary N) is 9. The quantitative estimate of drug-likeness (QED) is 0.0153. The number of guanidine groups is 8. The maximum Gasteiger partial charge on any atom is 0.326 e. The molecule has 0 fully saturated rings. The molecule has 0 aliphatic carbocycles. The molecule has 0 radical (unpaired) electrons. The molecule has 0 aliphatic heterocycles. The van der Waals surface area contributed by atoms with Crippen molar-refractivity contribution >= 4 is 136 Å². The number of carboxylic acids is 1. The van der Waals surface area contributed by atoms with Crippen LogP contribution in [0.5, 0.6) is 0 Å². The molecular formula is C83H161N39O16. The highest BCUT2D eigenvalue weighted by molar-refractivity contribution is 6.01. The Morgan fingerprint density at radius 2 is 0.319 bits per heavy atom. The molecule has 0 saturated carbocycles.